The quantitative estimate of drug-likeness (QED) is 0.141. The molecular formula is C23H49O3P. The fourth-order valence-corrected chi connectivity index (χ4v) is 4.63. The summed E-state index contributed by atoms with van der Waals surface area (Å²) < 4.78 is 24.4. The maximum Gasteiger partial charge on any atom is 0.333 e. The average molecular weight is 405 g/mol. The van der Waals surface area contributed by atoms with E-state index in [4.69, 9.17) is 9.05 Å². The largest absolute Gasteiger partial charge is 0.333 e. The zero-order chi connectivity index (χ0) is 20.2. The minimum atomic E-state index is -2.93. The Hall–Kier alpha value is 0.150. The molecule has 0 aliphatic carbocycles. The Balaban J connectivity index is 3.69. The van der Waals surface area contributed by atoms with Crippen molar-refractivity contribution in [2.45, 2.75) is 136 Å². The Morgan fingerprint density at radius 1 is 0.556 bits per heavy atom. The Labute approximate surface area is 170 Å². The zero-order valence-electron chi connectivity index (χ0n) is 19.0. The van der Waals surface area contributed by atoms with Gasteiger partial charge < -0.3 is 9.05 Å². The van der Waals surface area contributed by atoms with Crippen molar-refractivity contribution in [3.63, 3.8) is 0 Å². The van der Waals surface area contributed by atoms with Crippen molar-refractivity contribution < 1.29 is 13.6 Å². The van der Waals surface area contributed by atoms with E-state index in [-0.39, 0.29) is 5.66 Å². The van der Waals surface area contributed by atoms with Gasteiger partial charge in [-0.15, -0.1) is 0 Å². The zero-order valence-corrected chi connectivity index (χ0v) is 19.9. The van der Waals surface area contributed by atoms with E-state index in [0.717, 1.165) is 12.8 Å². The Kier molecular flexibility index (Phi) is 19.6. The molecule has 0 aliphatic rings. The van der Waals surface area contributed by atoms with Crippen LogP contribution in [0.4, 0.5) is 0 Å². The van der Waals surface area contributed by atoms with Crippen LogP contribution in [0, 0.1) is 0 Å². The van der Waals surface area contributed by atoms with Gasteiger partial charge in [-0.1, -0.05) is 118 Å². The van der Waals surface area contributed by atoms with Crippen LogP contribution in [0.2, 0.25) is 0 Å². The van der Waals surface area contributed by atoms with Crippen LogP contribution in [0.3, 0.4) is 0 Å². The standard InChI is InChI=1S/C23H49O3P/c1-5-7-9-11-13-15-17-19-21-25-27(24,23(3)4)26-22-20-18-16-14-12-10-8-6-2/h23H,5-22H2,1-4H3. The topological polar surface area (TPSA) is 35.5 Å². The van der Waals surface area contributed by atoms with E-state index in [0.29, 0.717) is 13.2 Å². The smallest absolute Gasteiger partial charge is 0.308 e. The molecule has 0 N–H and O–H groups in total. The third kappa shape index (κ3) is 16.8. The maximum absolute atomic E-state index is 12.9. The van der Waals surface area contributed by atoms with Crippen LogP contribution >= 0.6 is 7.60 Å². The van der Waals surface area contributed by atoms with Gasteiger partial charge in [0.2, 0.25) is 0 Å². The van der Waals surface area contributed by atoms with E-state index in [2.05, 4.69) is 13.8 Å². The summed E-state index contributed by atoms with van der Waals surface area (Å²) >= 11 is 0. The molecule has 4 heteroatoms. The molecule has 0 fully saturated rings. The van der Waals surface area contributed by atoms with Crippen LogP contribution in [-0.4, -0.2) is 18.9 Å². The van der Waals surface area contributed by atoms with Crippen LogP contribution in [0.15, 0.2) is 0 Å². The molecule has 0 unspecified atom stereocenters. The molecule has 0 aromatic rings. The highest BCUT2D eigenvalue weighted by Crippen LogP contribution is 2.53. The first-order valence-electron chi connectivity index (χ1n) is 12.0. The van der Waals surface area contributed by atoms with E-state index in [9.17, 15) is 4.57 Å². The van der Waals surface area contributed by atoms with Gasteiger partial charge >= 0.3 is 7.60 Å². The Morgan fingerprint density at radius 2 is 0.852 bits per heavy atom. The Morgan fingerprint density at radius 3 is 1.15 bits per heavy atom. The SMILES string of the molecule is CCCCCCCCCCOP(=O)(OCCCCCCCCCC)C(C)C. The van der Waals surface area contributed by atoms with Crippen LogP contribution in [0.1, 0.15) is 130 Å². The maximum atomic E-state index is 12.9. The highest BCUT2D eigenvalue weighted by molar-refractivity contribution is 7.54. The fraction of sp³-hybridized carbons (Fsp3) is 1.00. The molecule has 0 atom stereocenters. The van der Waals surface area contributed by atoms with Crippen LogP contribution in [0.25, 0.3) is 0 Å². The molecule has 0 aliphatic heterocycles. The van der Waals surface area contributed by atoms with Crippen molar-refractivity contribution in [3.05, 3.63) is 0 Å². The lowest BCUT2D eigenvalue weighted by Crippen LogP contribution is -2.08. The van der Waals surface area contributed by atoms with Crippen LogP contribution in [0.5, 0.6) is 0 Å². The molecule has 0 saturated carbocycles. The molecule has 0 radical (unpaired) electrons. The van der Waals surface area contributed by atoms with Gasteiger partial charge in [0.1, 0.15) is 0 Å². The summed E-state index contributed by atoms with van der Waals surface area (Å²) in [5.41, 5.74) is -0.0550. The first-order chi connectivity index (χ1) is 13.1. The Bertz CT molecular complexity index is 319. The van der Waals surface area contributed by atoms with Gasteiger partial charge in [-0.3, -0.25) is 4.57 Å². The summed E-state index contributed by atoms with van der Waals surface area (Å²) in [6.45, 7) is 9.54. The summed E-state index contributed by atoms with van der Waals surface area (Å²) in [4.78, 5) is 0. The molecule has 0 aromatic carbocycles. The van der Waals surface area contributed by atoms with E-state index in [1.54, 1.807) is 0 Å². The normalized spacial score (nSPS) is 12.2. The second-order valence-corrected chi connectivity index (χ2v) is 10.9. The summed E-state index contributed by atoms with van der Waals surface area (Å²) in [5, 5.41) is 0. The van der Waals surface area contributed by atoms with Crippen molar-refractivity contribution >= 4 is 7.60 Å². The highest BCUT2D eigenvalue weighted by atomic mass is 31.2. The minimum Gasteiger partial charge on any atom is -0.308 e. The van der Waals surface area contributed by atoms with Gasteiger partial charge in [0.15, 0.2) is 0 Å². The summed E-state index contributed by atoms with van der Waals surface area (Å²) in [7, 11) is -2.93. The van der Waals surface area contributed by atoms with Crippen LogP contribution < -0.4 is 0 Å². The summed E-state index contributed by atoms with van der Waals surface area (Å²) in [5.74, 6) is 0. The fourth-order valence-electron chi connectivity index (χ4n) is 3.19. The molecule has 3 nitrogen and oxygen atoms in total. The predicted molar refractivity (Wildman–Crippen MR) is 120 cm³/mol. The summed E-state index contributed by atoms with van der Waals surface area (Å²) in [6, 6.07) is 0. The van der Waals surface area contributed by atoms with Crippen molar-refractivity contribution in [1.29, 1.82) is 0 Å². The molecule has 0 heterocycles. The monoisotopic (exact) mass is 404 g/mol. The lowest BCUT2D eigenvalue weighted by Gasteiger charge is -2.22. The lowest BCUT2D eigenvalue weighted by atomic mass is 10.1. The lowest BCUT2D eigenvalue weighted by molar-refractivity contribution is 0.192. The molecule has 0 saturated heterocycles. The second kappa shape index (κ2) is 19.5. The van der Waals surface area contributed by atoms with Crippen molar-refractivity contribution in [3.8, 4) is 0 Å². The van der Waals surface area contributed by atoms with E-state index >= 15 is 0 Å². The van der Waals surface area contributed by atoms with Gasteiger partial charge in [0.05, 0.1) is 18.9 Å². The van der Waals surface area contributed by atoms with E-state index in [1.807, 2.05) is 13.8 Å². The number of hydrogen-bond acceptors (Lipinski definition) is 3. The first-order valence-corrected chi connectivity index (χ1v) is 13.6. The van der Waals surface area contributed by atoms with E-state index in [1.165, 1.54) is 89.9 Å². The minimum absolute atomic E-state index is 0.0550. The molecule has 27 heavy (non-hydrogen) atoms. The molecule has 0 rings (SSSR count). The predicted octanol–water partition coefficient (Wildman–Crippen LogP) is 8.90. The van der Waals surface area contributed by atoms with Crippen molar-refractivity contribution in [2.75, 3.05) is 13.2 Å². The molecular weight excluding hydrogens is 355 g/mol. The van der Waals surface area contributed by atoms with Gasteiger partial charge in [0, 0.05) is 0 Å². The molecule has 0 spiro atoms. The number of hydrogen-bond donors (Lipinski definition) is 0. The average Bonchev–Trinajstić information content (AvgIpc) is 2.65. The highest BCUT2D eigenvalue weighted by Gasteiger charge is 2.28. The van der Waals surface area contributed by atoms with Crippen LogP contribution in [-0.2, 0) is 13.6 Å². The molecule has 0 bridgehead atoms. The summed E-state index contributed by atoms with van der Waals surface area (Å²) in [6.07, 6.45) is 20.2. The first kappa shape index (κ1) is 27.1. The molecule has 0 aromatic heterocycles. The molecule has 164 valence electrons. The van der Waals surface area contributed by atoms with Gasteiger partial charge in [0.25, 0.3) is 0 Å². The van der Waals surface area contributed by atoms with Gasteiger partial charge in [-0.25, -0.2) is 0 Å². The third-order valence-corrected chi connectivity index (χ3v) is 7.52. The third-order valence-electron chi connectivity index (χ3n) is 5.17. The number of unbranched alkanes of at least 4 members (excludes halogenated alkanes) is 14. The van der Waals surface area contributed by atoms with Gasteiger partial charge in [-0.05, 0) is 12.8 Å². The van der Waals surface area contributed by atoms with Crippen molar-refractivity contribution in [2.24, 2.45) is 0 Å². The van der Waals surface area contributed by atoms with Gasteiger partial charge in [-0.2, -0.15) is 0 Å². The van der Waals surface area contributed by atoms with Crippen molar-refractivity contribution in [1.82, 2.24) is 0 Å². The number of rotatable bonds is 21. The molecule has 0 amide bonds. The van der Waals surface area contributed by atoms with E-state index < -0.39 is 7.60 Å². The second-order valence-electron chi connectivity index (χ2n) is 8.25.